The van der Waals surface area contributed by atoms with Gasteiger partial charge in [0.15, 0.2) is 0 Å². The predicted molar refractivity (Wildman–Crippen MR) is 72.2 cm³/mol. The molecule has 1 aliphatic rings. The lowest BCUT2D eigenvalue weighted by molar-refractivity contribution is 0.154. The van der Waals surface area contributed by atoms with Crippen LogP contribution < -0.4 is 0 Å². The van der Waals surface area contributed by atoms with Gasteiger partial charge in [-0.25, -0.2) is 4.39 Å². The second-order valence-corrected chi connectivity index (χ2v) is 5.31. The summed E-state index contributed by atoms with van der Waals surface area (Å²) in [5, 5.41) is 0. The third kappa shape index (κ3) is 3.68. The highest BCUT2D eigenvalue weighted by Gasteiger charge is 2.28. The van der Waals surface area contributed by atoms with Crippen molar-refractivity contribution in [3.63, 3.8) is 0 Å². The molecule has 3 heteroatoms. The highest BCUT2D eigenvalue weighted by Crippen LogP contribution is 2.25. The van der Waals surface area contributed by atoms with Crippen LogP contribution in [0.5, 0.6) is 0 Å². The zero-order chi connectivity index (χ0) is 11.6. The minimum atomic E-state index is -0.130. The minimum absolute atomic E-state index is 0. The summed E-state index contributed by atoms with van der Waals surface area (Å²) < 4.78 is 13.1. The average Bonchev–Trinajstić information content (AvgIpc) is 2.69. The zero-order valence-corrected chi connectivity index (χ0v) is 11.4. The van der Waals surface area contributed by atoms with E-state index in [1.807, 2.05) is 6.07 Å². The Kier molecular flexibility index (Phi) is 4.96. The fourth-order valence-corrected chi connectivity index (χ4v) is 2.58. The summed E-state index contributed by atoms with van der Waals surface area (Å²) in [4.78, 5) is 2.51. The second-order valence-electron chi connectivity index (χ2n) is 5.31. The van der Waals surface area contributed by atoms with Crippen molar-refractivity contribution in [3.8, 4) is 0 Å². The van der Waals surface area contributed by atoms with Gasteiger partial charge in [0.1, 0.15) is 5.82 Å². The van der Waals surface area contributed by atoms with Crippen LogP contribution in [-0.2, 0) is 6.42 Å². The Labute approximate surface area is 109 Å². The Bertz CT molecular complexity index is 359. The maximum Gasteiger partial charge on any atom is 0.123 e. The molecule has 1 aliphatic heterocycles. The van der Waals surface area contributed by atoms with Crippen LogP contribution in [0, 0.1) is 5.82 Å². The van der Waals surface area contributed by atoms with E-state index in [1.54, 1.807) is 12.1 Å². The summed E-state index contributed by atoms with van der Waals surface area (Å²) in [7, 11) is 0. The number of benzene rings is 1. The van der Waals surface area contributed by atoms with Gasteiger partial charge in [0, 0.05) is 5.54 Å². The van der Waals surface area contributed by atoms with E-state index in [4.69, 9.17) is 0 Å². The maximum absolute atomic E-state index is 13.1. The molecule has 1 aromatic rings. The summed E-state index contributed by atoms with van der Waals surface area (Å²) in [5.74, 6) is -0.130. The Morgan fingerprint density at radius 3 is 2.47 bits per heavy atom. The zero-order valence-electron chi connectivity index (χ0n) is 10.6. The van der Waals surface area contributed by atoms with E-state index in [0.717, 1.165) is 12.0 Å². The molecule has 0 N–H and O–H groups in total. The Hall–Kier alpha value is -0.600. The molecule has 0 radical (unpaired) electrons. The van der Waals surface area contributed by atoms with Crippen molar-refractivity contribution < 1.29 is 4.39 Å². The third-order valence-corrected chi connectivity index (χ3v) is 3.49. The average molecular weight is 258 g/mol. The number of hydrogen-bond acceptors (Lipinski definition) is 1. The molecular formula is C14H21ClFN. The number of likely N-dealkylation sites (tertiary alicyclic amines) is 1. The normalized spacial score (nSPS) is 16.9. The van der Waals surface area contributed by atoms with Gasteiger partial charge in [0.25, 0.3) is 0 Å². The molecule has 2 rings (SSSR count). The Morgan fingerprint density at radius 1 is 1.24 bits per heavy atom. The first kappa shape index (κ1) is 14.5. The van der Waals surface area contributed by atoms with Crippen LogP contribution in [-0.4, -0.2) is 23.5 Å². The van der Waals surface area contributed by atoms with Crippen molar-refractivity contribution in [1.82, 2.24) is 4.90 Å². The van der Waals surface area contributed by atoms with Gasteiger partial charge in [-0.05, 0) is 63.9 Å². The van der Waals surface area contributed by atoms with Gasteiger partial charge in [0.2, 0.25) is 0 Å². The molecule has 1 nitrogen and oxygen atoms in total. The number of rotatable bonds is 3. The quantitative estimate of drug-likeness (QED) is 0.799. The summed E-state index contributed by atoms with van der Waals surface area (Å²) in [6.45, 7) is 6.87. The minimum Gasteiger partial charge on any atom is -0.298 e. The monoisotopic (exact) mass is 257 g/mol. The third-order valence-electron chi connectivity index (χ3n) is 3.49. The molecule has 1 fully saturated rings. The van der Waals surface area contributed by atoms with E-state index in [2.05, 4.69) is 18.7 Å². The summed E-state index contributed by atoms with van der Waals surface area (Å²) in [5.41, 5.74) is 1.24. The van der Waals surface area contributed by atoms with Gasteiger partial charge >= 0.3 is 0 Å². The van der Waals surface area contributed by atoms with Crippen molar-refractivity contribution in [3.05, 3.63) is 35.6 Å². The fourth-order valence-electron chi connectivity index (χ4n) is 2.58. The van der Waals surface area contributed by atoms with Crippen molar-refractivity contribution in [2.24, 2.45) is 0 Å². The number of nitrogens with zero attached hydrogens (tertiary/aromatic N) is 1. The van der Waals surface area contributed by atoms with Crippen molar-refractivity contribution >= 4 is 12.4 Å². The molecule has 0 saturated carbocycles. The lowest BCUT2D eigenvalue weighted by atomic mass is 9.93. The molecule has 0 spiro atoms. The van der Waals surface area contributed by atoms with Gasteiger partial charge in [-0.1, -0.05) is 12.1 Å². The van der Waals surface area contributed by atoms with Crippen LogP contribution in [0.1, 0.15) is 32.3 Å². The molecule has 1 saturated heterocycles. The molecule has 0 bridgehead atoms. The van der Waals surface area contributed by atoms with Crippen LogP contribution >= 0.6 is 12.4 Å². The highest BCUT2D eigenvalue weighted by molar-refractivity contribution is 5.85. The van der Waals surface area contributed by atoms with E-state index in [1.165, 1.54) is 32.0 Å². The fraction of sp³-hybridized carbons (Fsp3) is 0.571. The molecular weight excluding hydrogens is 237 g/mol. The SMILES string of the molecule is CC(C)(Cc1cccc(F)c1)N1CCCC1.Cl. The Balaban J connectivity index is 0.00000144. The smallest absolute Gasteiger partial charge is 0.123 e. The molecule has 0 unspecified atom stereocenters. The van der Waals surface area contributed by atoms with Crippen LogP contribution in [0.2, 0.25) is 0 Å². The summed E-state index contributed by atoms with van der Waals surface area (Å²) >= 11 is 0. The second kappa shape index (κ2) is 5.83. The first-order chi connectivity index (χ1) is 7.58. The van der Waals surface area contributed by atoms with E-state index in [0.29, 0.717) is 0 Å². The van der Waals surface area contributed by atoms with E-state index < -0.39 is 0 Å². The summed E-state index contributed by atoms with van der Waals surface area (Å²) in [6, 6.07) is 6.97. The van der Waals surface area contributed by atoms with Crippen molar-refractivity contribution in [2.75, 3.05) is 13.1 Å². The van der Waals surface area contributed by atoms with Crippen LogP contribution in [0.15, 0.2) is 24.3 Å². The molecule has 0 aliphatic carbocycles. The van der Waals surface area contributed by atoms with Crippen LogP contribution in [0.4, 0.5) is 4.39 Å². The van der Waals surface area contributed by atoms with Crippen LogP contribution in [0.3, 0.4) is 0 Å². The van der Waals surface area contributed by atoms with Crippen molar-refractivity contribution in [1.29, 1.82) is 0 Å². The first-order valence-corrected chi connectivity index (χ1v) is 6.07. The largest absolute Gasteiger partial charge is 0.298 e. The van der Waals surface area contributed by atoms with Crippen molar-refractivity contribution in [2.45, 2.75) is 38.6 Å². The predicted octanol–water partition coefficient (Wildman–Crippen LogP) is 3.66. The summed E-state index contributed by atoms with van der Waals surface area (Å²) in [6.07, 6.45) is 3.52. The van der Waals surface area contributed by atoms with E-state index in [-0.39, 0.29) is 23.8 Å². The number of halogens is 2. The highest BCUT2D eigenvalue weighted by atomic mass is 35.5. The van der Waals surface area contributed by atoms with Gasteiger partial charge in [-0.15, -0.1) is 12.4 Å². The lowest BCUT2D eigenvalue weighted by Crippen LogP contribution is -2.43. The molecule has 0 amide bonds. The number of hydrogen-bond donors (Lipinski definition) is 0. The van der Waals surface area contributed by atoms with Gasteiger partial charge < -0.3 is 0 Å². The molecule has 1 heterocycles. The van der Waals surface area contributed by atoms with E-state index in [9.17, 15) is 4.39 Å². The molecule has 17 heavy (non-hydrogen) atoms. The van der Waals surface area contributed by atoms with Gasteiger partial charge in [0.05, 0.1) is 0 Å². The molecule has 0 atom stereocenters. The molecule has 0 aromatic heterocycles. The maximum atomic E-state index is 13.1. The molecule has 96 valence electrons. The first-order valence-electron chi connectivity index (χ1n) is 6.07. The van der Waals surface area contributed by atoms with Crippen LogP contribution in [0.25, 0.3) is 0 Å². The topological polar surface area (TPSA) is 3.24 Å². The van der Waals surface area contributed by atoms with Gasteiger partial charge in [-0.2, -0.15) is 0 Å². The van der Waals surface area contributed by atoms with Gasteiger partial charge in [-0.3, -0.25) is 4.90 Å². The lowest BCUT2D eigenvalue weighted by Gasteiger charge is -2.35. The van der Waals surface area contributed by atoms with E-state index >= 15 is 0 Å². The standard InChI is InChI=1S/C14H20FN.ClH/c1-14(2,16-8-3-4-9-16)11-12-6-5-7-13(15)10-12;/h5-7,10H,3-4,8-9,11H2,1-2H3;1H. The molecule has 1 aromatic carbocycles. The Morgan fingerprint density at radius 2 is 1.88 bits per heavy atom.